The molecule has 0 radical (unpaired) electrons. The van der Waals surface area contributed by atoms with Crippen molar-refractivity contribution in [2.45, 2.75) is 76.3 Å². The predicted molar refractivity (Wildman–Crippen MR) is 116 cm³/mol. The van der Waals surface area contributed by atoms with E-state index < -0.39 is 10.0 Å². The first-order chi connectivity index (χ1) is 14.1. The number of piperidine rings is 1. The van der Waals surface area contributed by atoms with Gasteiger partial charge in [0.1, 0.15) is 5.82 Å². The second-order valence-corrected chi connectivity index (χ2v) is 10.4. The van der Waals surface area contributed by atoms with Crippen LogP contribution in [0.4, 0.5) is 0 Å². The van der Waals surface area contributed by atoms with E-state index in [4.69, 9.17) is 4.98 Å². The van der Waals surface area contributed by atoms with Gasteiger partial charge in [-0.25, -0.2) is 13.4 Å². The maximum Gasteiger partial charge on any atom is 0.243 e. The van der Waals surface area contributed by atoms with Gasteiger partial charge < -0.3 is 4.57 Å². The lowest BCUT2D eigenvalue weighted by Gasteiger charge is -2.25. The average Bonchev–Trinajstić information content (AvgIpc) is 3.06. The van der Waals surface area contributed by atoms with Crippen molar-refractivity contribution in [3.05, 3.63) is 24.0 Å². The third kappa shape index (κ3) is 4.52. The normalized spacial score (nSPS) is 20.6. The van der Waals surface area contributed by atoms with Crippen LogP contribution in [0.2, 0.25) is 0 Å². The Morgan fingerprint density at radius 3 is 2.21 bits per heavy atom. The predicted octanol–water partition coefficient (Wildman–Crippen LogP) is 4.00. The summed E-state index contributed by atoms with van der Waals surface area (Å²) in [7, 11) is -3.43. The molecule has 3 heterocycles. The molecule has 0 bridgehead atoms. The van der Waals surface area contributed by atoms with Gasteiger partial charge in [-0.05, 0) is 63.9 Å². The molecule has 1 aromatic carbocycles. The quantitative estimate of drug-likeness (QED) is 0.736. The largest absolute Gasteiger partial charge is 0.327 e. The minimum Gasteiger partial charge on any atom is -0.327 e. The molecule has 0 unspecified atom stereocenters. The number of imidazole rings is 1. The molecule has 0 aliphatic carbocycles. The Labute approximate surface area is 174 Å². The second-order valence-electron chi connectivity index (χ2n) is 8.43. The van der Waals surface area contributed by atoms with Gasteiger partial charge in [0, 0.05) is 19.6 Å². The minimum absolute atomic E-state index is 0.380. The third-order valence-electron chi connectivity index (χ3n) is 6.38. The van der Waals surface area contributed by atoms with Gasteiger partial charge in [-0.1, -0.05) is 25.7 Å². The number of likely N-dealkylation sites (tertiary alicyclic amines) is 1. The Bertz CT molecular complexity index is 924. The zero-order valence-electron chi connectivity index (χ0n) is 17.6. The van der Waals surface area contributed by atoms with E-state index in [0.29, 0.717) is 18.0 Å². The molecule has 0 atom stereocenters. The Balaban J connectivity index is 1.61. The molecule has 0 saturated carbocycles. The first-order valence-corrected chi connectivity index (χ1v) is 12.8. The molecule has 1 aromatic heterocycles. The monoisotopic (exact) mass is 418 g/mol. The summed E-state index contributed by atoms with van der Waals surface area (Å²) in [5, 5.41) is 0. The fourth-order valence-electron chi connectivity index (χ4n) is 4.72. The van der Waals surface area contributed by atoms with Crippen LogP contribution in [0, 0.1) is 0 Å². The number of benzene rings is 1. The number of sulfonamides is 1. The number of hydrogen-bond donors (Lipinski definition) is 0. The van der Waals surface area contributed by atoms with E-state index in [1.165, 1.54) is 32.1 Å². The van der Waals surface area contributed by atoms with Crippen LogP contribution in [0.25, 0.3) is 11.0 Å². The van der Waals surface area contributed by atoms with Crippen LogP contribution in [0.15, 0.2) is 23.1 Å². The lowest BCUT2D eigenvalue weighted by atomic mass is 10.1. The summed E-state index contributed by atoms with van der Waals surface area (Å²) >= 11 is 0. The summed E-state index contributed by atoms with van der Waals surface area (Å²) in [6.45, 7) is 7.34. The standard InChI is InChI=1S/C22H34N4O2S/c1-2-26-21-12-11-19(29(27,28)25-15-9-6-10-16-25)17-20(21)23-22(26)18-24-13-7-4-3-5-8-14-24/h11-12,17H,2-10,13-16,18H2,1H3. The van der Waals surface area contributed by atoms with Crippen LogP contribution in [-0.4, -0.2) is 53.4 Å². The highest BCUT2D eigenvalue weighted by Gasteiger charge is 2.26. The second kappa shape index (κ2) is 9.14. The first-order valence-electron chi connectivity index (χ1n) is 11.3. The van der Waals surface area contributed by atoms with E-state index in [1.807, 2.05) is 6.07 Å². The number of hydrogen-bond acceptors (Lipinski definition) is 4. The Morgan fingerprint density at radius 1 is 0.897 bits per heavy atom. The smallest absolute Gasteiger partial charge is 0.243 e. The van der Waals surface area contributed by atoms with E-state index in [1.54, 1.807) is 16.4 Å². The molecule has 2 fully saturated rings. The van der Waals surface area contributed by atoms with Crippen LogP contribution >= 0.6 is 0 Å². The lowest BCUT2D eigenvalue weighted by molar-refractivity contribution is 0.232. The Kier molecular flexibility index (Phi) is 6.56. The number of aromatic nitrogens is 2. The number of fused-ring (bicyclic) bond motifs is 1. The molecule has 7 heteroatoms. The fourth-order valence-corrected chi connectivity index (χ4v) is 6.26. The minimum atomic E-state index is -3.43. The van der Waals surface area contributed by atoms with E-state index in [2.05, 4.69) is 16.4 Å². The van der Waals surface area contributed by atoms with Crippen molar-refractivity contribution in [2.75, 3.05) is 26.2 Å². The Morgan fingerprint density at radius 2 is 1.52 bits per heavy atom. The van der Waals surface area contributed by atoms with Crippen LogP contribution < -0.4 is 0 Å². The molecule has 0 N–H and O–H groups in total. The molecule has 29 heavy (non-hydrogen) atoms. The summed E-state index contributed by atoms with van der Waals surface area (Å²) in [4.78, 5) is 7.78. The third-order valence-corrected chi connectivity index (χ3v) is 8.28. The highest BCUT2D eigenvalue weighted by Crippen LogP contribution is 2.25. The van der Waals surface area contributed by atoms with Gasteiger partial charge in [0.15, 0.2) is 0 Å². The van der Waals surface area contributed by atoms with Gasteiger partial charge in [-0.2, -0.15) is 4.31 Å². The van der Waals surface area contributed by atoms with Crippen LogP contribution in [0.5, 0.6) is 0 Å². The highest BCUT2D eigenvalue weighted by atomic mass is 32.2. The molecule has 2 aromatic rings. The molecule has 0 spiro atoms. The van der Waals surface area contributed by atoms with Crippen molar-refractivity contribution in [3.63, 3.8) is 0 Å². The summed E-state index contributed by atoms with van der Waals surface area (Å²) < 4.78 is 30.0. The lowest BCUT2D eigenvalue weighted by Crippen LogP contribution is -2.35. The molecule has 2 saturated heterocycles. The molecule has 2 aliphatic rings. The van der Waals surface area contributed by atoms with Crippen molar-refractivity contribution in [1.29, 1.82) is 0 Å². The highest BCUT2D eigenvalue weighted by molar-refractivity contribution is 7.89. The SMILES string of the molecule is CCn1c(CN2CCCCCCC2)nc2cc(S(=O)(=O)N3CCCCC3)ccc21. The Hall–Kier alpha value is -1.44. The topological polar surface area (TPSA) is 58.4 Å². The van der Waals surface area contributed by atoms with Gasteiger partial charge in [-0.15, -0.1) is 0 Å². The van der Waals surface area contributed by atoms with Crippen LogP contribution in [0.1, 0.15) is 64.1 Å². The average molecular weight is 419 g/mol. The van der Waals surface area contributed by atoms with Gasteiger partial charge >= 0.3 is 0 Å². The molecule has 160 valence electrons. The van der Waals surface area contributed by atoms with E-state index in [-0.39, 0.29) is 0 Å². The summed E-state index contributed by atoms with van der Waals surface area (Å²) in [6, 6.07) is 5.49. The van der Waals surface area contributed by atoms with Crippen LogP contribution in [-0.2, 0) is 23.1 Å². The van der Waals surface area contributed by atoms with Gasteiger partial charge in [0.25, 0.3) is 0 Å². The van der Waals surface area contributed by atoms with E-state index in [9.17, 15) is 8.42 Å². The van der Waals surface area contributed by atoms with Crippen LogP contribution in [0.3, 0.4) is 0 Å². The molecule has 2 aliphatic heterocycles. The van der Waals surface area contributed by atoms with Crippen molar-refractivity contribution >= 4 is 21.1 Å². The number of rotatable bonds is 5. The fraction of sp³-hybridized carbons (Fsp3) is 0.682. The van der Waals surface area contributed by atoms with E-state index >= 15 is 0 Å². The maximum atomic E-state index is 13.1. The summed E-state index contributed by atoms with van der Waals surface area (Å²) in [5.41, 5.74) is 1.83. The summed E-state index contributed by atoms with van der Waals surface area (Å²) in [5.74, 6) is 1.05. The number of nitrogens with zero attached hydrogens (tertiary/aromatic N) is 4. The maximum absolute atomic E-state index is 13.1. The zero-order chi connectivity index (χ0) is 20.3. The van der Waals surface area contributed by atoms with Gasteiger partial charge in [0.2, 0.25) is 10.0 Å². The van der Waals surface area contributed by atoms with E-state index in [0.717, 1.165) is 62.3 Å². The molecule has 6 nitrogen and oxygen atoms in total. The molecular formula is C22H34N4O2S. The molecule has 4 rings (SSSR count). The molecular weight excluding hydrogens is 384 g/mol. The first kappa shape index (κ1) is 20.8. The molecule has 0 amide bonds. The van der Waals surface area contributed by atoms with Gasteiger partial charge in [0.05, 0.1) is 22.5 Å². The van der Waals surface area contributed by atoms with Gasteiger partial charge in [-0.3, -0.25) is 4.90 Å². The van der Waals surface area contributed by atoms with Crippen molar-refractivity contribution in [3.8, 4) is 0 Å². The summed E-state index contributed by atoms with van der Waals surface area (Å²) in [6.07, 6.45) is 9.52. The number of aryl methyl sites for hydroxylation is 1. The zero-order valence-corrected chi connectivity index (χ0v) is 18.5. The van der Waals surface area contributed by atoms with Crippen molar-refractivity contribution in [1.82, 2.24) is 18.8 Å². The van der Waals surface area contributed by atoms with Crippen molar-refractivity contribution < 1.29 is 8.42 Å². The van der Waals surface area contributed by atoms with Crippen molar-refractivity contribution in [2.24, 2.45) is 0 Å².